The largest absolute Gasteiger partial charge is 0.495 e. The van der Waals surface area contributed by atoms with Crippen molar-refractivity contribution in [1.29, 1.82) is 0 Å². The van der Waals surface area contributed by atoms with Gasteiger partial charge in [0.05, 0.1) is 37.0 Å². The van der Waals surface area contributed by atoms with Crippen molar-refractivity contribution >= 4 is 35.7 Å². The second-order valence-corrected chi connectivity index (χ2v) is 7.81. The molecule has 5 heteroatoms. The Bertz CT molecular complexity index is 1030. The number of hydrogen-bond donors (Lipinski definition) is 0. The summed E-state index contributed by atoms with van der Waals surface area (Å²) in [6.07, 6.45) is 8.18. The minimum absolute atomic E-state index is 0.855. The number of anilines is 2. The molecule has 0 aliphatic heterocycles. The summed E-state index contributed by atoms with van der Waals surface area (Å²) in [5.41, 5.74) is 6.06. The van der Waals surface area contributed by atoms with Crippen LogP contribution in [0.15, 0.2) is 54.6 Å². The number of nitrogens with zero attached hydrogens (tertiary/aromatic N) is 3. The molecule has 1 aromatic heterocycles. The molecule has 0 atom stereocenters. The molecule has 0 aliphatic rings. The summed E-state index contributed by atoms with van der Waals surface area (Å²) >= 11 is 0. The minimum atomic E-state index is 0.855. The van der Waals surface area contributed by atoms with Gasteiger partial charge in [0.1, 0.15) is 11.5 Å². The van der Waals surface area contributed by atoms with Gasteiger partial charge in [-0.1, -0.05) is 30.4 Å². The zero-order chi connectivity index (χ0) is 23.1. The zero-order valence-electron chi connectivity index (χ0n) is 19.7. The maximum atomic E-state index is 5.44. The smallest absolute Gasteiger partial charge is 0.142 e. The van der Waals surface area contributed by atoms with Crippen LogP contribution in [0.2, 0.25) is 0 Å². The Kier molecular flexibility index (Phi) is 7.55. The van der Waals surface area contributed by atoms with Crippen molar-refractivity contribution in [2.45, 2.75) is 0 Å². The lowest BCUT2D eigenvalue weighted by atomic mass is 10.1. The van der Waals surface area contributed by atoms with E-state index in [0.29, 0.717) is 0 Å². The van der Waals surface area contributed by atoms with Crippen LogP contribution in [0.5, 0.6) is 11.5 Å². The van der Waals surface area contributed by atoms with Crippen LogP contribution in [-0.4, -0.2) is 47.4 Å². The van der Waals surface area contributed by atoms with Gasteiger partial charge in [-0.2, -0.15) is 0 Å². The van der Waals surface area contributed by atoms with Crippen molar-refractivity contribution < 1.29 is 9.47 Å². The Morgan fingerprint density at radius 1 is 0.625 bits per heavy atom. The number of hydrogen-bond acceptors (Lipinski definition) is 5. The van der Waals surface area contributed by atoms with Gasteiger partial charge in [0.25, 0.3) is 0 Å². The molecule has 0 radical (unpaired) electrons. The van der Waals surface area contributed by atoms with Crippen LogP contribution < -0.4 is 19.3 Å². The highest BCUT2D eigenvalue weighted by Crippen LogP contribution is 2.29. The van der Waals surface area contributed by atoms with Crippen molar-refractivity contribution in [1.82, 2.24) is 4.98 Å². The normalized spacial score (nSPS) is 11.2. The molecule has 3 aromatic rings. The Hall–Kier alpha value is -3.73. The fourth-order valence-electron chi connectivity index (χ4n) is 3.34. The maximum absolute atomic E-state index is 5.44. The lowest BCUT2D eigenvalue weighted by Gasteiger charge is -2.17. The minimum Gasteiger partial charge on any atom is -0.495 e. The van der Waals surface area contributed by atoms with Crippen LogP contribution in [0, 0.1) is 0 Å². The number of ether oxygens (including phenoxy) is 2. The molecule has 5 nitrogen and oxygen atoms in total. The maximum Gasteiger partial charge on any atom is 0.142 e. The van der Waals surface area contributed by atoms with Crippen molar-refractivity contribution in [2.75, 3.05) is 52.2 Å². The van der Waals surface area contributed by atoms with Crippen molar-refractivity contribution in [3.8, 4) is 11.5 Å². The third kappa shape index (κ3) is 5.70. The van der Waals surface area contributed by atoms with E-state index in [1.165, 1.54) is 0 Å². The van der Waals surface area contributed by atoms with E-state index in [9.17, 15) is 0 Å². The molecule has 0 saturated heterocycles. The number of methoxy groups -OCH3 is 2. The molecule has 0 unspecified atom stereocenters. The van der Waals surface area contributed by atoms with Gasteiger partial charge in [-0.3, -0.25) is 0 Å². The SMILES string of the molecule is COc1ccc(/C=C/c2cccc(/C=C/c3ccc(OC)c(N(C)C)c3)n2)cc1N(C)C. The Labute approximate surface area is 191 Å². The van der Waals surface area contributed by atoms with Gasteiger partial charge in [0.15, 0.2) is 0 Å². The van der Waals surface area contributed by atoms with Gasteiger partial charge < -0.3 is 19.3 Å². The molecule has 1 heterocycles. The van der Waals surface area contributed by atoms with E-state index < -0.39 is 0 Å². The quantitative estimate of drug-likeness (QED) is 0.468. The molecule has 0 bridgehead atoms. The summed E-state index contributed by atoms with van der Waals surface area (Å²) in [6, 6.07) is 18.3. The monoisotopic (exact) mass is 429 g/mol. The molecular formula is C27H31N3O2. The summed E-state index contributed by atoms with van der Waals surface area (Å²) in [6.45, 7) is 0. The summed E-state index contributed by atoms with van der Waals surface area (Å²) in [5.74, 6) is 1.71. The first-order valence-electron chi connectivity index (χ1n) is 10.4. The second kappa shape index (κ2) is 10.5. The van der Waals surface area contributed by atoms with Gasteiger partial charge in [-0.05, 0) is 59.7 Å². The molecule has 0 saturated carbocycles. The van der Waals surface area contributed by atoms with Crippen LogP contribution >= 0.6 is 0 Å². The topological polar surface area (TPSA) is 37.8 Å². The summed E-state index contributed by atoms with van der Waals surface area (Å²) in [7, 11) is 11.4. The number of rotatable bonds is 8. The average Bonchev–Trinajstić information content (AvgIpc) is 2.81. The molecule has 0 spiro atoms. The molecule has 0 amide bonds. The molecule has 0 fully saturated rings. The standard InChI is InChI=1S/C27H31N3O2/c1-29(2)24-18-20(12-16-26(24)31-5)10-14-22-8-7-9-23(28-22)15-11-21-13-17-27(32-6)25(19-21)30(3)4/h7-19H,1-6H3/b14-10+,15-11+. The van der Waals surface area contributed by atoms with Crippen LogP contribution in [0.3, 0.4) is 0 Å². The van der Waals surface area contributed by atoms with Gasteiger partial charge in [0, 0.05) is 28.2 Å². The fourth-order valence-corrected chi connectivity index (χ4v) is 3.34. The van der Waals surface area contributed by atoms with Gasteiger partial charge in [-0.15, -0.1) is 0 Å². The van der Waals surface area contributed by atoms with Gasteiger partial charge >= 0.3 is 0 Å². The number of benzene rings is 2. The van der Waals surface area contributed by atoms with Crippen LogP contribution in [-0.2, 0) is 0 Å². The lowest BCUT2D eigenvalue weighted by molar-refractivity contribution is 0.415. The van der Waals surface area contributed by atoms with E-state index in [0.717, 1.165) is 45.4 Å². The Morgan fingerprint density at radius 3 is 1.44 bits per heavy atom. The van der Waals surface area contributed by atoms with E-state index in [2.05, 4.69) is 24.3 Å². The number of pyridine rings is 1. The van der Waals surface area contributed by atoms with E-state index in [1.807, 2.05) is 92.6 Å². The predicted molar refractivity (Wildman–Crippen MR) is 137 cm³/mol. The molecule has 0 N–H and O–H groups in total. The first kappa shape index (κ1) is 22.9. The Balaban J connectivity index is 1.79. The van der Waals surface area contributed by atoms with Crippen LogP contribution in [0.1, 0.15) is 22.5 Å². The fraction of sp³-hybridized carbons (Fsp3) is 0.222. The first-order valence-corrected chi connectivity index (χ1v) is 10.4. The molecule has 166 valence electrons. The summed E-state index contributed by atoms with van der Waals surface area (Å²) in [5, 5.41) is 0. The molecular weight excluding hydrogens is 398 g/mol. The van der Waals surface area contributed by atoms with E-state index in [4.69, 9.17) is 14.5 Å². The van der Waals surface area contributed by atoms with E-state index in [-0.39, 0.29) is 0 Å². The predicted octanol–water partition coefficient (Wildman–Crippen LogP) is 5.57. The van der Waals surface area contributed by atoms with Crippen LogP contribution in [0.4, 0.5) is 11.4 Å². The molecule has 2 aromatic carbocycles. The molecule has 32 heavy (non-hydrogen) atoms. The van der Waals surface area contributed by atoms with Crippen LogP contribution in [0.25, 0.3) is 24.3 Å². The van der Waals surface area contributed by atoms with E-state index in [1.54, 1.807) is 14.2 Å². The van der Waals surface area contributed by atoms with Gasteiger partial charge in [0.2, 0.25) is 0 Å². The van der Waals surface area contributed by atoms with Crippen molar-refractivity contribution in [3.63, 3.8) is 0 Å². The average molecular weight is 430 g/mol. The third-order valence-electron chi connectivity index (χ3n) is 5.05. The van der Waals surface area contributed by atoms with E-state index >= 15 is 0 Å². The van der Waals surface area contributed by atoms with Crippen molar-refractivity contribution in [2.24, 2.45) is 0 Å². The lowest BCUT2D eigenvalue weighted by Crippen LogP contribution is -2.10. The van der Waals surface area contributed by atoms with Crippen molar-refractivity contribution in [3.05, 3.63) is 77.1 Å². The highest BCUT2D eigenvalue weighted by molar-refractivity contribution is 5.75. The highest BCUT2D eigenvalue weighted by atomic mass is 16.5. The third-order valence-corrected chi connectivity index (χ3v) is 5.05. The first-order chi connectivity index (χ1) is 15.4. The highest BCUT2D eigenvalue weighted by Gasteiger charge is 2.06. The second-order valence-electron chi connectivity index (χ2n) is 7.81. The summed E-state index contributed by atoms with van der Waals surface area (Å²) in [4.78, 5) is 8.83. The molecule has 0 aliphatic carbocycles. The summed E-state index contributed by atoms with van der Waals surface area (Å²) < 4.78 is 10.9. The zero-order valence-corrected chi connectivity index (χ0v) is 19.7. The molecule has 3 rings (SSSR count). The van der Waals surface area contributed by atoms with Gasteiger partial charge in [-0.25, -0.2) is 4.98 Å². The Morgan fingerprint density at radius 2 is 1.06 bits per heavy atom. The number of aromatic nitrogens is 1.